The minimum Gasteiger partial charge on any atom is -0.371 e. The predicted octanol–water partition coefficient (Wildman–Crippen LogP) is 1.49. The van der Waals surface area contributed by atoms with E-state index >= 15 is 0 Å². The van der Waals surface area contributed by atoms with Gasteiger partial charge in [-0.1, -0.05) is 12.2 Å². The zero-order valence-electron chi connectivity index (χ0n) is 7.13. The Kier molecular flexibility index (Phi) is 2.31. The molecule has 11 heavy (non-hydrogen) atoms. The van der Waals surface area contributed by atoms with Gasteiger partial charge in [-0.3, -0.25) is 4.68 Å². The Labute approximate surface area is 66.7 Å². The number of aromatic nitrogens is 2. The summed E-state index contributed by atoms with van der Waals surface area (Å²) in [6.45, 7) is 1.99. The maximum absolute atomic E-state index is 4.20. The molecule has 3 heteroatoms. The van der Waals surface area contributed by atoms with E-state index in [2.05, 4.69) is 10.4 Å². The summed E-state index contributed by atoms with van der Waals surface area (Å²) < 4.78 is 1.79. The quantitative estimate of drug-likeness (QED) is 0.694. The molecule has 0 saturated heterocycles. The van der Waals surface area contributed by atoms with Crippen LogP contribution in [0.5, 0.6) is 0 Å². The van der Waals surface area contributed by atoms with E-state index in [-0.39, 0.29) is 0 Å². The molecule has 1 N–H and O–H groups in total. The van der Waals surface area contributed by atoms with Crippen LogP contribution in [0.2, 0.25) is 0 Å². The van der Waals surface area contributed by atoms with Crippen molar-refractivity contribution in [2.75, 3.05) is 12.4 Å². The summed E-state index contributed by atoms with van der Waals surface area (Å²) in [5.74, 6) is 0.922. The number of nitrogens with one attached hydrogen (secondary N) is 1. The Hall–Kier alpha value is -1.25. The molecular formula is C8H13N3. The molecule has 60 valence electrons. The van der Waals surface area contributed by atoms with Gasteiger partial charge in [0.15, 0.2) is 5.82 Å². The minimum absolute atomic E-state index is 0.922. The fourth-order valence-corrected chi connectivity index (χ4v) is 1.00. The van der Waals surface area contributed by atoms with Crippen molar-refractivity contribution in [3.63, 3.8) is 0 Å². The molecule has 0 aliphatic rings. The first-order valence-electron chi connectivity index (χ1n) is 3.62. The third kappa shape index (κ3) is 1.61. The Balaban J connectivity index is 3.01. The molecule has 1 rings (SSSR count). The van der Waals surface area contributed by atoms with Gasteiger partial charge < -0.3 is 5.32 Å². The standard InChI is InChI=1S/C8H13N3/c1-4-5-7-6-11(3)10-8(7)9-2/h4-6H,1-3H3,(H,9,10)/b5-4-. The molecule has 0 aromatic carbocycles. The van der Waals surface area contributed by atoms with Crippen molar-refractivity contribution in [1.29, 1.82) is 0 Å². The van der Waals surface area contributed by atoms with Crippen molar-refractivity contribution in [1.82, 2.24) is 9.78 Å². The van der Waals surface area contributed by atoms with Gasteiger partial charge in [-0.25, -0.2) is 0 Å². The van der Waals surface area contributed by atoms with E-state index in [4.69, 9.17) is 0 Å². The Bertz CT molecular complexity index is 260. The lowest BCUT2D eigenvalue weighted by atomic mass is 10.3. The molecule has 0 aliphatic carbocycles. The first-order valence-corrected chi connectivity index (χ1v) is 3.62. The van der Waals surface area contributed by atoms with E-state index in [1.54, 1.807) is 4.68 Å². The van der Waals surface area contributed by atoms with Gasteiger partial charge in [0.05, 0.1) is 0 Å². The largest absolute Gasteiger partial charge is 0.371 e. The molecule has 1 aromatic rings. The van der Waals surface area contributed by atoms with E-state index in [1.807, 2.05) is 39.4 Å². The van der Waals surface area contributed by atoms with Gasteiger partial charge in [-0.2, -0.15) is 5.10 Å². The van der Waals surface area contributed by atoms with Gasteiger partial charge in [0, 0.05) is 25.9 Å². The van der Waals surface area contributed by atoms with Crippen molar-refractivity contribution in [2.45, 2.75) is 6.92 Å². The number of anilines is 1. The first-order chi connectivity index (χ1) is 5.27. The first kappa shape index (κ1) is 7.85. The summed E-state index contributed by atoms with van der Waals surface area (Å²) in [6, 6.07) is 0. The number of hydrogen-bond donors (Lipinski definition) is 1. The topological polar surface area (TPSA) is 29.9 Å². The molecule has 0 spiro atoms. The summed E-state index contributed by atoms with van der Waals surface area (Å²) in [6.07, 6.45) is 6.00. The highest BCUT2D eigenvalue weighted by atomic mass is 15.3. The van der Waals surface area contributed by atoms with E-state index in [1.165, 1.54) is 0 Å². The Morgan fingerprint density at radius 2 is 2.36 bits per heavy atom. The molecule has 1 heterocycles. The second-order valence-corrected chi connectivity index (χ2v) is 2.36. The van der Waals surface area contributed by atoms with E-state index < -0.39 is 0 Å². The van der Waals surface area contributed by atoms with E-state index in [0.29, 0.717) is 0 Å². The second-order valence-electron chi connectivity index (χ2n) is 2.36. The smallest absolute Gasteiger partial charge is 0.155 e. The van der Waals surface area contributed by atoms with E-state index in [9.17, 15) is 0 Å². The fraction of sp³-hybridized carbons (Fsp3) is 0.375. The average molecular weight is 151 g/mol. The summed E-state index contributed by atoms with van der Waals surface area (Å²) in [7, 11) is 3.78. The van der Waals surface area contributed by atoms with Crippen molar-refractivity contribution >= 4 is 11.9 Å². The van der Waals surface area contributed by atoms with Crippen LogP contribution < -0.4 is 5.32 Å². The molecule has 0 unspecified atom stereocenters. The van der Waals surface area contributed by atoms with Crippen LogP contribution >= 0.6 is 0 Å². The van der Waals surface area contributed by atoms with Crippen LogP contribution in [0.4, 0.5) is 5.82 Å². The maximum atomic E-state index is 4.20. The highest BCUT2D eigenvalue weighted by molar-refractivity contribution is 5.61. The zero-order chi connectivity index (χ0) is 8.27. The normalized spacial score (nSPS) is 10.8. The summed E-state index contributed by atoms with van der Waals surface area (Å²) in [5.41, 5.74) is 1.12. The van der Waals surface area contributed by atoms with Gasteiger partial charge in [0.1, 0.15) is 0 Å². The van der Waals surface area contributed by atoms with Gasteiger partial charge in [0.2, 0.25) is 0 Å². The van der Waals surface area contributed by atoms with Crippen molar-refractivity contribution in [3.05, 3.63) is 17.8 Å². The summed E-state index contributed by atoms with van der Waals surface area (Å²) in [4.78, 5) is 0. The van der Waals surface area contributed by atoms with Crippen LogP contribution in [0.25, 0.3) is 6.08 Å². The van der Waals surface area contributed by atoms with Crippen molar-refractivity contribution in [2.24, 2.45) is 7.05 Å². The van der Waals surface area contributed by atoms with Crippen LogP contribution in [-0.4, -0.2) is 16.8 Å². The molecule has 1 aromatic heterocycles. The fourth-order valence-electron chi connectivity index (χ4n) is 1.00. The molecule has 0 fully saturated rings. The number of hydrogen-bond acceptors (Lipinski definition) is 2. The lowest BCUT2D eigenvalue weighted by Crippen LogP contribution is -1.92. The summed E-state index contributed by atoms with van der Waals surface area (Å²) >= 11 is 0. The van der Waals surface area contributed by atoms with Crippen LogP contribution in [-0.2, 0) is 7.05 Å². The van der Waals surface area contributed by atoms with Gasteiger partial charge >= 0.3 is 0 Å². The molecule has 3 nitrogen and oxygen atoms in total. The van der Waals surface area contributed by atoms with Crippen LogP contribution in [0.1, 0.15) is 12.5 Å². The Morgan fingerprint density at radius 1 is 1.64 bits per heavy atom. The maximum Gasteiger partial charge on any atom is 0.155 e. The molecule has 0 aliphatic heterocycles. The predicted molar refractivity (Wildman–Crippen MR) is 47.5 cm³/mol. The van der Waals surface area contributed by atoms with Crippen LogP contribution in [0.3, 0.4) is 0 Å². The number of rotatable bonds is 2. The SMILES string of the molecule is C/C=C\c1cn(C)nc1NC. The average Bonchev–Trinajstić information content (AvgIpc) is 2.32. The van der Waals surface area contributed by atoms with Gasteiger partial charge in [-0.05, 0) is 6.92 Å². The third-order valence-corrected chi connectivity index (χ3v) is 1.44. The van der Waals surface area contributed by atoms with Crippen molar-refractivity contribution in [3.8, 4) is 0 Å². The monoisotopic (exact) mass is 151 g/mol. The third-order valence-electron chi connectivity index (χ3n) is 1.44. The lowest BCUT2D eigenvalue weighted by molar-refractivity contribution is 0.770. The summed E-state index contributed by atoms with van der Waals surface area (Å²) in [5, 5.41) is 7.22. The molecule has 0 bridgehead atoms. The number of nitrogens with zero attached hydrogens (tertiary/aromatic N) is 2. The molecule has 0 saturated carbocycles. The second kappa shape index (κ2) is 3.23. The van der Waals surface area contributed by atoms with E-state index in [0.717, 1.165) is 11.4 Å². The minimum atomic E-state index is 0.922. The van der Waals surface area contributed by atoms with Crippen LogP contribution in [0, 0.1) is 0 Å². The number of allylic oxidation sites excluding steroid dienone is 1. The van der Waals surface area contributed by atoms with Gasteiger partial charge in [-0.15, -0.1) is 0 Å². The highest BCUT2D eigenvalue weighted by Crippen LogP contribution is 2.12. The molecule has 0 atom stereocenters. The lowest BCUT2D eigenvalue weighted by Gasteiger charge is -1.92. The van der Waals surface area contributed by atoms with Crippen molar-refractivity contribution < 1.29 is 0 Å². The highest BCUT2D eigenvalue weighted by Gasteiger charge is 1.99. The molecule has 0 radical (unpaired) electrons. The molecule has 0 amide bonds. The van der Waals surface area contributed by atoms with Gasteiger partial charge in [0.25, 0.3) is 0 Å². The zero-order valence-corrected chi connectivity index (χ0v) is 7.13. The number of aryl methyl sites for hydroxylation is 1. The van der Waals surface area contributed by atoms with Crippen LogP contribution in [0.15, 0.2) is 12.3 Å². The Morgan fingerprint density at radius 3 is 2.91 bits per heavy atom. The molecular weight excluding hydrogens is 138 g/mol.